The number of aliphatic hydroxyl groups is 1. The van der Waals surface area contributed by atoms with Gasteiger partial charge in [0, 0.05) is 26.2 Å². The van der Waals surface area contributed by atoms with E-state index in [4.69, 9.17) is 4.74 Å². The van der Waals surface area contributed by atoms with Crippen molar-refractivity contribution in [1.29, 1.82) is 0 Å². The normalized spacial score (nSPS) is 21.4. The average Bonchev–Trinajstić information content (AvgIpc) is 3.61. The molecule has 1 aliphatic carbocycles. The summed E-state index contributed by atoms with van der Waals surface area (Å²) in [5.41, 5.74) is 0.0809. The fourth-order valence-corrected chi connectivity index (χ4v) is 7.15. The van der Waals surface area contributed by atoms with Gasteiger partial charge in [0.25, 0.3) is 5.91 Å². The minimum Gasteiger partial charge on any atom is -0.389 e. The smallest absolute Gasteiger partial charge is 0.258 e. The zero-order valence-electron chi connectivity index (χ0n) is 22.4. The molecule has 3 fully saturated rings. The molecule has 38 heavy (non-hydrogen) atoms. The topological polar surface area (TPSA) is 112 Å². The lowest BCUT2D eigenvalue weighted by Crippen LogP contribution is -2.41. The fourth-order valence-electron chi connectivity index (χ4n) is 5.48. The molecule has 5 rings (SSSR count). The number of anilines is 3. The van der Waals surface area contributed by atoms with Gasteiger partial charge in [-0.05, 0) is 82.2 Å². The number of hydrogen-bond donors (Lipinski definition) is 2. The van der Waals surface area contributed by atoms with E-state index in [9.17, 15) is 18.3 Å². The molecular formula is C28H38N4O5S. The summed E-state index contributed by atoms with van der Waals surface area (Å²) in [5.74, 6) is 0.479. The van der Waals surface area contributed by atoms with Crippen LogP contribution in [0.4, 0.5) is 17.3 Å². The Morgan fingerprint density at radius 1 is 1.13 bits per heavy atom. The molecule has 0 unspecified atom stereocenters. The summed E-state index contributed by atoms with van der Waals surface area (Å²) in [6.07, 6.45) is 4.68. The first-order chi connectivity index (χ1) is 17.9. The van der Waals surface area contributed by atoms with Gasteiger partial charge >= 0.3 is 0 Å². The van der Waals surface area contributed by atoms with Crippen LogP contribution in [-0.4, -0.2) is 74.7 Å². The van der Waals surface area contributed by atoms with Gasteiger partial charge in [0.1, 0.15) is 11.6 Å². The Bertz CT molecular complexity index is 1290. The van der Waals surface area contributed by atoms with Crippen LogP contribution in [0.1, 0.15) is 56.8 Å². The average molecular weight is 543 g/mol. The molecule has 206 valence electrons. The van der Waals surface area contributed by atoms with E-state index in [0.29, 0.717) is 29.1 Å². The quantitative estimate of drug-likeness (QED) is 0.547. The van der Waals surface area contributed by atoms with E-state index in [1.165, 1.54) is 32.8 Å². The molecule has 0 bridgehead atoms. The van der Waals surface area contributed by atoms with E-state index in [0.717, 1.165) is 44.8 Å². The number of carbonyl (C=O) groups is 1. The Morgan fingerprint density at radius 2 is 1.87 bits per heavy atom. The van der Waals surface area contributed by atoms with Crippen molar-refractivity contribution in [3.63, 3.8) is 0 Å². The summed E-state index contributed by atoms with van der Waals surface area (Å²) in [5, 5.41) is 13.1. The standard InChI is InChI=1S/C28H38N4O5S/c1-20-18-32(15-16-37-20)25-6-4-5-24(29-25)30-26(33)22-8-7-21(38(35,36)19-27(2,3)34)17-23(22)31-13-11-28(9-10-28)12-14-31/h4-8,17,20,34H,9-16,18-19H2,1-3H3,(H,29,30,33)/t20-/m1/s1. The van der Waals surface area contributed by atoms with Crippen LogP contribution in [-0.2, 0) is 14.6 Å². The van der Waals surface area contributed by atoms with Crippen molar-refractivity contribution < 1.29 is 23.1 Å². The predicted octanol–water partition coefficient (Wildman–Crippen LogP) is 3.48. The van der Waals surface area contributed by atoms with Crippen molar-refractivity contribution >= 4 is 33.1 Å². The molecule has 2 saturated heterocycles. The van der Waals surface area contributed by atoms with Crippen LogP contribution < -0.4 is 15.1 Å². The third-order valence-corrected chi connectivity index (χ3v) is 9.84. The van der Waals surface area contributed by atoms with Gasteiger partial charge < -0.3 is 25.0 Å². The summed E-state index contributed by atoms with van der Waals surface area (Å²) in [4.78, 5) is 22.6. The predicted molar refractivity (Wildman–Crippen MR) is 148 cm³/mol. The minimum atomic E-state index is -3.75. The summed E-state index contributed by atoms with van der Waals surface area (Å²) in [6.45, 7) is 8.62. The summed E-state index contributed by atoms with van der Waals surface area (Å²) < 4.78 is 31.8. The van der Waals surface area contributed by atoms with Crippen molar-refractivity contribution in [1.82, 2.24) is 4.98 Å². The number of hydrogen-bond acceptors (Lipinski definition) is 8. The van der Waals surface area contributed by atoms with Gasteiger partial charge in [-0.1, -0.05) is 6.07 Å². The Morgan fingerprint density at radius 3 is 2.53 bits per heavy atom. The number of sulfone groups is 1. The van der Waals surface area contributed by atoms with Gasteiger partial charge in [-0.2, -0.15) is 0 Å². The molecule has 1 aromatic carbocycles. The largest absolute Gasteiger partial charge is 0.389 e. The minimum absolute atomic E-state index is 0.108. The molecule has 2 aromatic rings. The van der Waals surface area contributed by atoms with Gasteiger partial charge in [0.2, 0.25) is 0 Å². The number of pyridine rings is 1. The van der Waals surface area contributed by atoms with Gasteiger partial charge in [-0.3, -0.25) is 4.79 Å². The van der Waals surface area contributed by atoms with Crippen molar-refractivity contribution in [3.05, 3.63) is 42.0 Å². The van der Waals surface area contributed by atoms with Gasteiger partial charge in [-0.25, -0.2) is 13.4 Å². The molecule has 1 atom stereocenters. The van der Waals surface area contributed by atoms with Crippen molar-refractivity contribution in [2.24, 2.45) is 5.41 Å². The number of carbonyl (C=O) groups excluding carboxylic acids is 1. The zero-order valence-corrected chi connectivity index (χ0v) is 23.3. The number of piperidine rings is 1. The van der Waals surface area contributed by atoms with E-state index in [1.54, 1.807) is 18.2 Å². The molecule has 2 aliphatic heterocycles. The van der Waals surface area contributed by atoms with Gasteiger partial charge in [0.05, 0.1) is 40.2 Å². The van der Waals surface area contributed by atoms with E-state index < -0.39 is 21.2 Å². The second-order valence-electron chi connectivity index (χ2n) is 11.7. The maximum absolute atomic E-state index is 13.5. The number of aromatic nitrogens is 1. The lowest BCUT2D eigenvalue weighted by atomic mass is 9.93. The fraction of sp³-hybridized carbons (Fsp3) is 0.571. The van der Waals surface area contributed by atoms with Gasteiger partial charge in [0.15, 0.2) is 9.84 Å². The number of amides is 1. The van der Waals surface area contributed by atoms with Gasteiger partial charge in [-0.15, -0.1) is 0 Å². The Hall–Kier alpha value is -2.69. The lowest BCUT2D eigenvalue weighted by Gasteiger charge is -2.35. The summed E-state index contributed by atoms with van der Waals surface area (Å²) >= 11 is 0. The highest BCUT2D eigenvalue weighted by atomic mass is 32.2. The maximum Gasteiger partial charge on any atom is 0.258 e. The van der Waals surface area contributed by atoms with E-state index >= 15 is 0 Å². The lowest BCUT2D eigenvalue weighted by molar-refractivity contribution is 0.0529. The highest BCUT2D eigenvalue weighted by molar-refractivity contribution is 7.91. The molecule has 2 N–H and O–H groups in total. The second-order valence-corrected chi connectivity index (χ2v) is 13.7. The monoisotopic (exact) mass is 542 g/mol. The molecule has 1 saturated carbocycles. The number of benzene rings is 1. The van der Waals surface area contributed by atoms with Crippen molar-refractivity contribution in [2.45, 2.75) is 63.1 Å². The number of nitrogens with zero attached hydrogens (tertiary/aromatic N) is 3. The third kappa shape index (κ3) is 6.13. The van der Waals surface area contributed by atoms with Crippen molar-refractivity contribution in [2.75, 3.05) is 53.7 Å². The molecule has 10 heteroatoms. The van der Waals surface area contributed by atoms with Crippen LogP contribution in [0.3, 0.4) is 0 Å². The SMILES string of the molecule is C[C@@H]1CN(c2cccc(NC(=O)c3ccc(S(=O)(=O)CC(C)(C)O)cc3N3CCC4(CC3)CC4)n2)CCO1. The van der Waals surface area contributed by atoms with E-state index in [2.05, 4.69) is 20.1 Å². The Balaban J connectivity index is 1.42. The number of nitrogens with one attached hydrogen (secondary N) is 1. The van der Waals surface area contributed by atoms with E-state index in [1.807, 2.05) is 19.1 Å². The van der Waals surface area contributed by atoms with Crippen molar-refractivity contribution in [3.8, 4) is 0 Å². The molecule has 1 aromatic heterocycles. The summed E-state index contributed by atoms with van der Waals surface area (Å²) in [7, 11) is -3.75. The Labute approximate surface area is 225 Å². The first kappa shape index (κ1) is 26.9. The molecule has 9 nitrogen and oxygen atoms in total. The first-order valence-electron chi connectivity index (χ1n) is 13.4. The number of ether oxygens (including phenoxy) is 1. The van der Waals surface area contributed by atoms with Crippen LogP contribution >= 0.6 is 0 Å². The highest BCUT2D eigenvalue weighted by Gasteiger charge is 2.44. The highest BCUT2D eigenvalue weighted by Crippen LogP contribution is 2.54. The molecule has 1 amide bonds. The number of morpholine rings is 1. The van der Waals surface area contributed by atoms with Crippen LogP contribution in [0, 0.1) is 5.41 Å². The molecular weight excluding hydrogens is 504 g/mol. The van der Waals surface area contributed by atoms with E-state index in [-0.39, 0.29) is 16.9 Å². The Kier molecular flexibility index (Phi) is 7.17. The zero-order chi connectivity index (χ0) is 27.1. The molecule has 1 spiro atoms. The van der Waals surface area contributed by atoms with Crippen LogP contribution in [0.15, 0.2) is 41.3 Å². The summed E-state index contributed by atoms with van der Waals surface area (Å²) in [6, 6.07) is 10.2. The third-order valence-electron chi connectivity index (χ3n) is 7.78. The molecule has 3 aliphatic rings. The van der Waals surface area contributed by atoms with Crippen LogP contribution in [0.5, 0.6) is 0 Å². The second kappa shape index (κ2) is 10.1. The first-order valence-corrected chi connectivity index (χ1v) is 15.1. The van der Waals surface area contributed by atoms with Crippen LogP contribution in [0.2, 0.25) is 0 Å². The maximum atomic E-state index is 13.5. The molecule has 3 heterocycles. The molecule has 0 radical (unpaired) electrons. The van der Waals surface area contributed by atoms with Crippen LogP contribution in [0.25, 0.3) is 0 Å². The number of rotatable bonds is 7.